The van der Waals surface area contributed by atoms with Crippen molar-refractivity contribution in [3.8, 4) is 0 Å². The van der Waals surface area contributed by atoms with Crippen molar-refractivity contribution in [3.63, 3.8) is 0 Å². The molecule has 1 saturated heterocycles. The molecule has 116 valence electrons. The van der Waals surface area contributed by atoms with Gasteiger partial charge in [0, 0.05) is 19.5 Å². The SMILES string of the molecule is CCOC(=O)C1CN(C(=O)OC(C)(C)C)CCC1=O.Cl. The Hall–Kier alpha value is -1.30. The Balaban J connectivity index is 0.00000361. The number of halogens is 1. The van der Waals surface area contributed by atoms with Crippen LogP contribution in [0.1, 0.15) is 34.1 Å². The van der Waals surface area contributed by atoms with E-state index in [1.165, 1.54) is 4.90 Å². The lowest BCUT2D eigenvalue weighted by molar-refractivity contribution is -0.153. The van der Waals surface area contributed by atoms with Gasteiger partial charge in [-0.15, -0.1) is 12.4 Å². The Morgan fingerprint density at radius 3 is 2.45 bits per heavy atom. The Labute approximate surface area is 125 Å². The monoisotopic (exact) mass is 307 g/mol. The Kier molecular flexibility index (Phi) is 6.99. The number of rotatable bonds is 2. The van der Waals surface area contributed by atoms with Gasteiger partial charge in [0.25, 0.3) is 0 Å². The number of hydrogen-bond acceptors (Lipinski definition) is 5. The van der Waals surface area contributed by atoms with E-state index < -0.39 is 23.6 Å². The highest BCUT2D eigenvalue weighted by Crippen LogP contribution is 2.18. The molecule has 0 spiro atoms. The van der Waals surface area contributed by atoms with Gasteiger partial charge in [-0.2, -0.15) is 0 Å². The highest BCUT2D eigenvalue weighted by molar-refractivity contribution is 6.00. The molecule has 1 amide bonds. The van der Waals surface area contributed by atoms with E-state index in [-0.39, 0.29) is 44.3 Å². The number of nitrogens with zero attached hydrogens (tertiary/aromatic N) is 1. The number of hydrogen-bond donors (Lipinski definition) is 0. The van der Waals surface area contributed by atoms with Crippen molar-refractivity contribution >= 4 is 30.3 Å². The molecule has 20 heavy (non-hydrogen) atoms. The molecular weight excluding hydrogens is 286 g/mol. The van der Waals surface area contributed by atoms with Gasteiger partial charge in [0.05, 0.1) is 6.61 Å². The molecule has 0 aliphatic carbocycles. The number of amides is 1. The molecule has 0 aromatic heterocycles. The van der Waals surface area contributed by atoms with Gasteiger partial charge >= 0.3 is 12.1 Å². The van der Waals surface area contributed by atoms with Crippen molar-refractivity contribution in [2.75, 3.05) is 19.7 Å². The second kappa shape index (κ2) is 7.47. The molecule has 0 aromatic carbocycles. The van der Waals surface area contributed by atoms with Crippen LogP contribution in [-0.2, 0) is 19.1 Å². The highest BCUT2D eigenvalue weighted by Gasteiger charge is 2.37. The molecule has 6 nitrogen and oxygen atoms in total. The number of esters is 1. The summed E-state index contributed by atoms with van der Waals surface area (Å²) in [7, 11) is 0. The molecule has 7 heteroatoms. The summed E-state index contributed by atoms with van der Waals surface area (Å²) in [5, 5.41) is 0. The second-order valence-electron chi connectivity index (χ2n) is 5.45. The summed E-state index contributed by atoms with van der Waals surface area (Å²) < 4.78 is 10.1. The average molecular weight is 308 g/mol. The second-order valence-corrected chi connectivity index (χ2v) is 5.45. The molecule has 0 bridgehead atoms. The maximum absolute atomic E-state index is 11.9. The zero-order valence-corrected chi connectivity index (χ0v) is 13.1. The molecular formula is C13H22ClNO5. The van der Waals surface area contributed by atoms with Gasteiger partial charge in [-0.1, -0.05) is 0 Å². The zero-order valence-electron chi connectivity index (χ0n) is 12.3. The van der Waals surface area contributed by atoms with Crippen LogP contribution in [0.5, 0.6) is 0 Å². The van der Waals surface area contributed by atoms with Crippen LogP contribution in [0.25, 0.3) is 0 Å². The smallest absolute Gasteiger partial charge is 0.410 e. The van der Waals surface area contributed by atoms with Crippen LogP contribution in [-0.4, -0.2) is 48.0 Å². The number of carbonyl (C=O) groups excluding carboxylic acids is 3. The fourth-order valence-corrected chi connectivity index (χ4v) is 1.77. The van der Waals surface area contributed by atoms with Gasteiger partial charge in [-0.25, -0.2) is 4.79 Å². The van der Waals surface area contributed by atoms with E-state index in [2.05, 4.69) is 0 Å². The largest absolute Gasteiger partial charge is 0.465 e. The van der Waals surface area contributed by atoms with Gasteiger partial charge in [0.1, 0.15) is 11.5 Å². The van der Waals surface area contributed by atoms with Crippen molar-refractivity contribution < 1.29 is 23.9 Å². The molecule has 1 aliphatic heterocycles. The number of piperidine rings is 1. The number of ketones is 1. The van der Waals surface area contributed by atoms with Gasteiger partial charge in [-0.05, 0) is 27.7 Å². The predicted octanol–water partition coefficient (Wildman–Crippen LogP) is 1.80. The minimum absolute atomic E-state index is 0. The van der Waals surface area contributed by atoms with E-state index in [0.717, 1.165) is 0 Å². The Bertz CT molecular complexity index is 377. The molecule has 0 saturated carbocycles. The van der Waals surface area contributed by atoms with Gasteiger partial charge in [0.15, 0.2) is 5.78 Å². The first-order valence-corrected chi connectivity index (χ1v) is 6.42. The van der Waals surface area contributed by atoms with Gasteiger partial charge in [-0.3, -0.25) is 9.59 Å². The molecule has 1 aliphatic rings. The molecule has 1 heterocycles. The zero-order chi connectivity index (χ0) is 14.6. The van der Waals surface area contributed by atoms with Crippen LogP contribution in [0.4, 0.5) is 4.79 Å². The molecule has 0 aromatic rings. The van der Waals surface area contributed by atoms with Crippen LogP contribution < -0.4 is 0 Å². The fraction of sp³-hybridized carbons (Fsp3) is 0.769. The summed E-state index contributed by atoms with van der Waals surface area (Å²) >= 11 is 0. The van der Waals surface area contributed by atoms with Crippen LogP contribution >= 0.6 is 12.4 Å². The number of carbonyl (C=O) groups is 3. The number of Topliss-reactive ketones (excluding diaryl/α,β-unsaturated/α-hetero) is 1. The topological polar surface area (TPSA) is 72.9 Å². The van der Waals surface area contributed by atoms with E-state index in [1.54, 1.807) is 27.7 Å². The molecule has 0 radical (unpaired) electrons. The molecule has 1 fully saturated rings. The maximum Gasteiger partial charge on any atom is 0.410 e. The van der Waals surface area contributed by atoms with Crippen LogP contribution in [0.15, 0.2) is 0 Å². The summed E-state index contributed by atoms with van der Waals surface area (Å²) in [6, 6.07) is 0. The average Bonchev–Trinajstić information content (AvgIpc) is 2.27. The number of ether oxygens (including phenoxy) is 2. The summed E-state index contributed by atoms with van der Waals surface area (Å²) in [4.78, 5) is 36.6. The molecule has 1 rings (SSSR count). The third kappa shape index (κ3) is 5.36. The lowest BCUT2D eigenvalue weighted by atomic mass is 9.97. The predicted molar refractivity (Wildman–Crippen MR) is 74.8 cm³/mol. The van der Waals surface area contributed by atoms with Crippen molar-refractivity contribution in [2.45, 2.75) is 39.7 Å². The quantitative estimate of drug-likeness (QED) is 0.574. The Morgan fingerprint density at radius 2 is 1.95 bits per heavy atom. The van der Waals surface area contributed by atoms with Crippen LogP contribution in [0.2, 0.25) is 0 Å². The Morgan fingerprint density at radius 1 is 1.35 bits per heavy atom. The highest BCUT2D eigenvalue weighted by atomic mass is 35.5. The normalized spacial score (nSPS) is 19.1. The van der Waals surface area contributed by atoms with Crippen molar-refractivity contribution in [3.05, 3.63) is 0 Å². The molecule has 1 unspecified atom stereocenters. The first-order valence-electron chi connectivity index (χ1n) is 6.42. The van der Waals surface area contributed by atoms with E-state index >= 15 is 0 Å². The third-order valence-corrected chi connectivity index (χ3v) is 2.64. The lowest BCUT2D eigenvalue weighted by Gasteiger charge is -2.32. The third-order valence-electron chi connectivity index (χ3n) is 2.64. The van der Waals surface area contributed by atoms with Crippen molar-refractivity contribution in [2.24, 2.45) is 5.92 Å². The van der Waals surface area contributed by atoms with Crippen LogP contribution in [0.3, 0.4) is 0 Å². The van der Waals surface area contributed by atoms with Gasteiger partial charge < -0.3 is 14.4 Å². The van der Waals surface area contributed by atoms with E-state index in [1.807, 2.05) is 0 Å². The first kappa shape index (κ1) is 18.7. The first-order chi connectivity index (χ1) is 8.74. The van der Waals surface area contributed by atoms with Gasteiger partial charge in [0.2, 0.25) is 0 Å². The summed E-state index contributed by atoms with van der Waals surface area (Å²) in [5.74, 6) is -1.64. The minimum atomic E-state index is -0.888. The standard InChI is InChI=1S/C13H21NO5.ClH/c1-5-18-11(16)9-8-14(7-6-10(9)15)12(17)19-13(2,3)4;/h9H,5-8H2,1-4H3;1H. The van der Waals surface area contributed by atoms with E-state index in [0.29, 0.717) is 0 Å². The summed E-state index contributed by atoms with van der Waals surface area (Å²) in [5.41, 5.74) is -0.599. The fourth-order valence-electron chi connectivity index (χ4n) is 1.77. The lowest BCUT2D eigenvalue weighted by Crippen LogP contribution is -2.48. The maximum atomic E-state index is 11.9. The van der Waals surface area contributed by atoms with E-state index in [4.69, 9.17) is 9.47 Å². The van der Waals surface area contributed by atoms with E-state index in [9.17, 15) is 14.4 Å². The summed E-state index contributed by atoms with van der Waals surface area (Å²) in [6.45, 7) is 7.51. The molecule has 1 atom stereocenters. The molecule has 0 N–H and O–H groups in total. The van der Waals surface area contributed by atoms with Crippen molar-refractivity contribution in [1.82, 2.24) is 4.90 Å². The van der Waals surface area contributed by atoms with Crippen LogP contribution in [0, 0.1) is 5.92 Å². The summed E-state index contributed by atoms with van der Waals surface area (Å²) in [6.07, 6.45) is -0.350. The van der Waals surface area contributed by atoms with Crippen molar-refractivity contribution in [1.29, 1.82) is 0 Å². The minimum Gasteiger partial charge on any atom is -0.465 e. The number of likely N-dealkylation sites (tertiary alicyclic amines) is 1.